The predicted molar refractivity (Wildman–Crippen MR) is 243 cm³/mol. The maximum absolute atomic E-state index is 5.41. The van der Waals surface area contributed by atoms with Crippen LogP contribution in [0.5, 0.6) is 0 Å². The molecule has 0 aliphatic rings. The fourth-order valence-electron chi connectivity index (χ4n) is 9.83. The van der Waals surface area contributed by atoms with Gasteiger partial charge in [0.15, 0.2) is 0 Å². The Morgan fingerprint density at radius 2 is 0.862 bits per heavy atom. The molecule has 0 spiro atoms. The quantitative estimate of drug-likeness (QED) is 0.169. The van der Waals surface area contributed by atoms with Gasteiger partial charge in [-0.2, -0.15) is 0 Å². The SMILES string of the molecule is c1ccc(-n2c3ccccc3c3c(-c4nc5ccccc5nc4-c4ccc(-n5c6cccc7c8ccccc8c8c9ccccc9cc5c8c76)cc4)cccc32)cc1. The van der Waals surface area contributed by atoms with Crippen LogP contribution < -0.4 is 0 Å². The molecule has 3 heterocycles. The third kappa shape index (κ3) is 4.29. The average Bonchev–Trinajstić information content (AvgIpc) is 3.81. The van der Waals surface area contributed by atoms with Crippen molar-refractivity contribution in [3.63, 3.8) is 0 Å². The minimum Gasteiger partial charge on any atom is -0.309 e. The summed E-state index contributed by atoms with van der Waals surface area (Å²) in [5.41, 5.74) is 12.5. The number of benzene rings is 10. The molecule has 0 radical (unpaired) electrons. The lowest BCUT2D eigenvalue weighted by Crippen LogP contribution is -1.98. The molecule has 0 bridgehead atoms. The summed E-state index contributed by atoms with van der Waals surface area (Å²) in [6, 6.07) is 69.9. The Kier molecular flexibility index (Phi) is 6.41. The molecule has 0 N–H and O–H groups in total. The van der Waals surface area contributed by atoms with Crippen LogP contribution in [0, 0.1) is 0 Å². The van der Waals surface area contributed by atoms with Crippen molar-refractivity contribution in [2.45, 2.75) is 0 Å². The van der Waals surface area contributed by atoms with Crippen molar-refractivity contribution < 1.29 is 0 Å². The molecule has 4 nitrogen and oxygen atoms in total. The van der Waals surface area contributed by atoms with Crippen LogP contribution in [0.2, 0.25) is 0 Å². The summed E-state index contributed by atoms with van der Waals surface area (Å²) in [7, 11) is 0. The van der Waals surface area contributed by atoms with Crippen molar-refractivity contribution in [2.24, 2.45) is 0 Å². The van der Waals surface area contributed by atoms with E-state index in [4.69, 9.17) is 9.97 Å². The number of hydrogen-bond acceptors (Lipinski definition) is 2. The summed E-state index contributed by atoms with van der Waals surface area (Å²) in [5, 5.41) is 12.7. The first kappa shape index (κ1) is 31.4. The molecule has 10 aromatic carbocycles. The molecule has 0 aliphatic carbocycles. The molecular formula is C54H32N4. The van der Waals surface area contributed by atoms with E-state index in [0.717, 1.165) is 56.0 Å². The number of fused-ring (bicyclic) bond motifs is 9. The fourth-order valence-corrected chi connectivity index (χ4v) is 9.83. The Balaban J connectivity index is 1.06. The first-order valence-corrected chi connectivity index (χ1v) is 19.8. The van der Waals surface area contributed by atoms with Gasteiger partial charge < -0.3 is 9.13 Å². The molecule has 4 heteroatoms. The minimum atomic E-state index is 0.862. The molecule has 0 saturated carbocycles. The molecule has 0 fully saturated rings. The highest BCUT2D eigenvalue weighted by Crippen LogP contribution is 2.47. The molecule has 3 aromatic heterocycles. The Hall–Kier alpha value is -7.82. The van der Waals surface area contributed by atoms with E-state index in [0.29, 0.717) is 0 Å². The van der Waals surface area contributed by atoms with Crippen LogP contribution in [0.15, 0.2) is 194 Å². The first-order chi connectivity index (χ1) is 28.8. The van der Waals surface area contributed by atoms with E-state index in [2.05, 4.69) is 191 Å². The van der Waals surface area contributed by atoms with Crippen molar-refractivity contribution >= 4 is 87.0 Å². The van der Waals surface area contributed by atoms with Gasteiger partial charge >= 0.3 is 0 Å². The second-order valence-electron chi connectivity index (χ2n) is 15.3. The van der Waals surface area contributed by atoms with Crippen LogP contribution in [0.3, 0.4) is 0 Å². The number of aromatic nitrogens is 4. The Morgan fingerprint density at radius 3 is 1.67 bits per heavy atom. The van der Waals surface area contributed by atoms with E-state index in [1.165, 1.54) is 64.9 Å². The summed E-state index contributed by atoms with van der Waals surface area (Å²) < 4.78 is 4.81. The van der Waals surface area contributed by atoms with Crippen molar-refractivity contribution in [1.82, 2.24) is 19.1 Å². The fraction of sp³-hybridized carbons (Fsp3) is 0. The third-order valence-electron chi connectivity index (χ3n) is 12.2. The lowest BCUT2D eigenvalue weighted by Gasteiger charge is -2.14. The van der Waals surface area contributed by atoms with Gasteiger partial charge in [-0.1, -0.05) is 133 Å². The number of hydrogen-bond donors (Lipinski definition) is 0. The Morgan fingerprint density at radius 1 is 0.310 bits per heavy atom. The van der Waals surface area contributed by atoms with E-state index in [9.17, 15) is 0 Å². The molecule has 268 valence electrons. The van der Waals surface area contributed by atoms with Crippen LogP contribution in [0.4, 0.5) is 0 Å². The van der Waals surface area contributed by atoms with Gasteiger partial charge in [-0.05, 0) is 87.6 Å². The maximum Gasteiger partial charge on any atom is 0.0980 e. The Bertz CT molecular complexity index is 3770. The van der Waals surface area contributed by atoms with Crippen LogP contribution in [-0.4, -0.2) is 19.1 Å². The smallest absolute Gasteiger partial charge is 0.0980 e. The summed E-state index contributed by atoms with van der Waals surface area (Å²) in [6.45, 7) is 0. The van der Waals surface area contributed by atoms with Gasteiger partial charge in [-0.25, -0.2) is 9.97 Å². The van der Waals surface area contributed by atoms with E-state index < -0.39 is 0 Å². The summed E-state index contributed by atoms with van der Waals surface area (Å²) in [4.78, 5) is 10.8. The molecule has 0 saturated heterocycles. The molecular weight excluding hydrogens is 705 g/mol. The van der Waals surface area contributed by atoms with Crippen molar-refractivity contribution in [2.75, 3.05) is 0 Å². The molecule has 0 unspecified atom stereocenters. The lowest BCUT2D eigenvalue weighted by molar-refractivity contribution is 1.18. The highest BCUT2D eigenvalue weighted by molar-refractivity contribution is 6.39. The van der Waals surface area contributed by atoms with Crippen LogP contribution in [0.25, 0.3) is 121 Å². The molecule has 0 amide bonds. The molecule has 13 aromatic rings. The monoisotopic (exact) mass is 736 g/mol. The van der Waals surface area contributed by atoms with E-state index in [1.807, 2.05) is 12.1 Å². The topological polar surface area (TPSA) is 35.6 Å². The minimum absolute atomic E-state index is 0.862. The van der Waals surface area contributed by atoms with Gasteiger partial charge in [-0.15, -0.1) is 0 Å². The molecule has 13 rings (SSSR count). The van der Waals surface area contributed by atoms with E-state index in [1.54, 1.807) is 0 Å². The van der Waals surface area contributed by atoms with Gasteiger partial charge in [0.05, 0.1) is 44.5 Å². The summed E-state index contributed by atoms with van der Waals surface area (Å²) in [5.74, 6) is 0. The third-order valence-corrected chi connectivity index (χ3v) is 12.2. The lowest BCUT2D eigenvalue weighted by atomic mass is 9.91. The highest BCUT2D eigenvalue weighted by Gasteiger charge is 2.23. The zero-order valence-electron chi connectivity index (χ0n) is 31.3. The van der Waals surface area contributed by atoms with E-state index >= 15 is 0 Å². The van der Waals surface area contributed by atoms with Crippen molar-refractivity contribution in [1.29, 1.82) is 0 Å². The second kappa shape index (κ2) is 11.8. The highest BCUT2D eigenvalue weighted by atomic mass is 15.0. The zero-order chi connectivity index (χ0) is 37.9. The van der Waals surface area contributed by atoms with Gasteiger partial charge in [0.2, 0.25) is 0 Å². The second-order valence-corrected chi connectivity index (χ2v) is 15.3. The van der Waals surface area contributed by atoms with Gasteiger partial charge in [0.25, 0.3) is 0 Å². The predicted octanol–water partition coefficient (Wildman–Crippen LogP) is 14.1. The van der Waals surface area contributed by atoms with Crippen molar-refractivity contribution in [3.8, 4) is 33.9 Å². The van der Waals surface area contributed by atoms with Crippen LogP contribution >= 0.6 is 0 Å². The molecule has 0 aliphatic heterocycles. The summed E-state index contributed by atoms with van der Waals surface area (Å²) >= 11 is 0. The standard InChI is InChI=1S/C54H32N4/c1-2-15-35(16-3-1)57-45-25-11-8-20-41(45)49-42(22-13-26-46(49)57)54-53(55-43-23-9-10-24-44(43)56-54)33-28-30-36(31-29-33)58-47-27-12-21-40-38-18-6-7-19-39(38)50-37-17-5-4-14-34(37)32-48(58)52(50)51(40)47/h1-32H. The van der Waals surface area contributed by atoms with Gasteiger partial charge in [0, 0.05) is 49.4 Å². The van der Waals surface area contributed by atoms with E-state index in [-0.39, 0.29) is 0 Å². The maximum atomic E-state index is 5.41. The molecule has 0 atom stereocenters. The number of nitrogens with zero attached hydrogens (tertiary/aromatic N) is 4. The summed E-state index contributed by atoms with van der Waals surface area (Å²) in [6.07, 6.45) is 0. The van der Waals surface area contributed by atoms with Crippen molar-refractivity contribution in [3.05, 3.63) is 194 Å². The number of rotatable bonds is 4. The molecule has 58 heavy (non-hydrogen) atoms. The van der Waals surface area contributed by atoms with Gasteiger partial charge in [-0.3, -0.25) is 0 Å². The van der Waals surface area contributed by atoms with Crippen LogP contribution in [-0.2, 0) is 0 Å². The van der Waals surface area contributed by atoms with Crippen LogP contribution in [0.1, 0.15) is 0 Å². The first-order valence-electron chi connectivity index (χ1n) is 19.8. The normalized spacial score (nSPS) is 12.1. The largest absolute Gasteiger partial charge is 0.309 e. The van der Waals surface area contributed by atoms with Gasteiger partial charge in [0.1, 0.15) is 0 Å². The number of para-hydroxylation sites is 4. The Labute approximate surface area is 332 Å². The zero-order valence-corrected chi connectivity index (χ0v) is 31.3. The average molecular weight is 737 g/mol.